The number of aliphatic imine (C=N–C) groups is 1. The van der Waals surface area contributed by atoms with Crippen LogP contribution in [0.15, 0.2) is 16.8 Å². The van der Waals surface area contributed by atoms with Gasteiger partial charge in [0.25, 0.3) is 0 Å². The molecule has 0 rings (SSSR count). The summed E-state index contributed by atoms with van der Waals surface area (Å²) in [5, 5.41) is 0. The van der Waals surface area contributed by atoms with E-state index < -0.39 is 0 Å². The highest BCUT2D eigenvalue weighted by atomic mass is 14.7. The minimum atomic E-state index is 0.416. The van der Waals surface area contributed by atoms with Crippen LogP contribution >= 0.6 is 0 Å². The number of hydrogen-bond donors (Lipinski definition) is 0. The molecule has 14 heavy (non-hydrogen) atoms. The Morgan fingerprint density at radius 3 is 2.21 bits per heavy atom. The van der Waals surface area contributed by atoms with Crippen molar-refractivity contribution in [3.63, 3.8) is 0 Å². The lowest BCUT2D eigenvalue weighted by atomic mass is 9.89. The van der Waals surface area contributed by atoms with E-state index in [-0.39, 0.29) is 0 Å². The van der Waals surface area contributed by atoms with Crippen LogP contribution < -0.4 is 0 Å². The summed E-state index contributed by atoms with van der Waals surface area (Å²) in [5.41, 5.74) is 2.88. The first kappa shape index (κ1) is 13.4. The van der Waals surface area contributed by atoms with Crippen LogP contribution in [-0.2, 0) is 0 Å². The van der Waals surface area contributed by atoms with Crippen LogP contribution in [0.25, 0.3) is 0 Å². The number of hydrogen-bond acceptors (Lipinski definition) is 1. The van der Waals surface area contributed by atoms with Crippen LogP contribution in [0.3, 0.4) is 0 Å². The Balaban J connectivity index is 4.24. The fraction of sp³-hybridized carbons (Fsp3) is 0.769. The van der Waals surface area contributed by atoms with Gasteiger partial charge in [-0.2, -0.15) is 0 Å². The predicted molar refractivity (Wildman–Crippen MR) is 65.8 cm³/mol. The average Bonchev–Trinajstić information content (AvgIpc) is 2.10. The van der Waals surface area contributed by atoms with Gasteiger partial charge in [0, 0.05) is 11.4 Å². The molecule has 0 aliphatic heterocycles. The fourth-order valence-electron chi connectivity index (χ4n) is 1.14. The van der Waals surface area contributed by atoms with E-state index in [1.165, 1.54) is 12.1 Å². The van der Waals surface area contributed by atoms with Crippen LogP contribution in [-0.4, -0.2) is 5.71 Å². The first-order valence-electron chi connectivity index (χ1n) is 5.58. The highest BCUT2D eigenvalue weighted by molar-refractivity contribution is 5.85. The van der Waals surface area contributed by atoms with Gasteiger partial charge in [-0.15, -0.1) is 0 Å². The van der Waals surface area contributed by atoms with E-state index in [0.29, 0.717) is 5.41 Å². The summed E-state index contributed by atoms with van der Waals surface area (Å²) in [6, 6.07) is 0. The summed E-state index contributed by atoms with van der Waals surface area (Å²) in [5.74, 6) is 0. The molecule has 82 valence electrons. The first-order chi connectivity index (χ1) is 6.39. The van der Waals surface area contributed by atoms with E-state index in [0.717, 1.165) is 18.5 Å². The zero-order valence-corrected chi connectivity index (χ0v) is 10.6. The summed E-state index contributed by atoms with van der Waals surface area (Å²) >= 11 is 0. The number of rotatable bonds is 4. The molecule has 0 saturated heterocycles. The molecule has 0 atom stereocenters. The third kappa shape index (κ3) is 6.88. The van der Waals surface area contributed by atoms with Crippen molar-refractivity contribution in [2.45, 2.75) is 60.8 Å². The molecule has 0 radical (unpaired) electrons. The Morgan fingerprint density at radius 2 is 1.86 bits per heavy atom. The van der Waals surface area contributed by atoms with Crippen molar-refractivity contribution < 1.29 is 0 Å². The highest BCUT2D eigenvalue weighted by Gasteiger charge is 2.10. The maximum atomic E-state index is 4.59. The second kappa shape index (κ2) is 6.00. The van der Waals surface area contributed by atoms with Crippen LogP contribution in [0, 0.1) is 5.41 Å². The largest absolute Gasteiger partial charge is 0.263 e. The zero-order valence-electron chi connectivity index (χ0n) is 10.6. The summed E-state index contributed by atoms with van der Waals surface area (Å²) in [7, 11) is 0. The lowest BCUT2D eigenvalue weighted by Gasteiger charge is -2.18. The first-order valence-corrected chi connectivity index (χ1v) is 5.58. The van der Waals surface area contributed by atoms with Gasteiger partial charge in [-0.05, 0) is 38.5 Å². The zero-order chi connectivity index (χ0) is 11.2. The number of allylic oxidation sites excluding steroid dienone is 2. The quantitative estimate of drug-likeness (QED) is 0.582. The Labute approximate surface area is 89.3 Å². The van der Waals surface area contributed by atoms with Crippen molar-refractivity contribution >= 4 is 5.71 Å². The summed E-state index contributed by atoms with van der Waals surface area (Å²) in [6.45, 7) is 13.1. The van der Waals surface area contributed by atoms with Crippen LogP contribution in [0.2, 0.25) is 0 Å². The van der Waals surface area contributed by atoms with Gasteiger partial charge in [-0.3, -0.25) is 4.99 Å². The lowest BCUT2D eigenvalue weighted by Crippen LogP contribution is -2.08. The second-order valence-corrected chi connectivity index (χ2v) is 5.02. The smallest absolute Gasteiger partial charge is 0.0329 e. The second-order valence-electron chi connectivity index (χ2n) is 5.02. The van der Waals surface area contributed by atoms with Crippen LogP contribution in [0.1, 0.15) is 60.8 Å². The molecule has 0 unspecified atom stereocenters. The monoisotopic (exact) mass is 195 g/mol. The van der Waals surface area contributed by atoms with Gasteiger partial charge in [-0.1, -0.05) is 33.8 Å². The molecule has 0 fully saturated rings. The van der Waals surface area contributed by atoms with Crippen molar-refractivity contribution in [2.24, 2.45) is 10.4 Å². The van der Waals surface area contributed by atoms with E-state index >= 15 is 0 Å². The molecular weight excluding hydrogens is 170 g/mol. The molecule has 0 aromatic heterocycles. The topological polar surface area (TPSA) is 12.4 Å². The Kier molecular flexibility index (Phi) is 5.75. The van der Waals surface area contributed by atoms with E-state index in [1.807, 2.05) is 6.92 Å². The molecule has 0 bridgehead atoms. The molecular formula is C13H25N. The van der Waals surface area contributed by atoms with Gasteiger partial charge in [0.2, 0.25) is 0 Å². The Morgan fingerprint density at radius 1 is 1.29 bits per heavy atom. The van der Waals surface area contributed by atoms with Gasteiger partial charge >= 0.3 is 0 Å². The molecule has 0 spiro atoms. The van der Waals surface area contributed by atoms with Crippen molar-refractivity contribution in [1.82, 2.24) is 0 Å². The van der Waals surface area contributed by atoms with Crippen LogP contribution in [0.5, 0.6) is 0 Å². The molecule has 0 aromatic rings. The number of nitrogens with zero attached hydrogens (tertiary/aromatic N) is 1. The minimum absolute atomic E-state index is 0.416. The lowest BCUT2D eigenvalue weighted by molar-refractivity contribution is 0.385. The summed E-state index contributed by atoms with van der Waals surface area (Å²) in [4.78, 5) is 4.59. The fourth-order valence-corrected chi connectivity index (χ4v) is 1.14. The van der Waals surface area contributed by atoms with Gasteiger partial charge < -0.3 is 0 Å². The van der Waals surface area contributed by atoms with Gasteiger partial charge in [0.15, 0.2) is 0 Å². The van der Waals surface area contributed by atoms with Crippen molar-refractivity contribution in [3.8, 4) is 0 Å². The third-order valence-corrected chi connectivity index (χ3v) is 2.32. The molecule has 0 N–H and O–H groups in total. The molecule has 0 heterocycles. The summed E-state index contributed by atoms with van der Waals surface area (Å²) < 4.78 is 0. The highest BCUT2D eigenvalue weighted by Crippen LogP contribution is 2.21. The Bertz CT molecular complexity index is 216. The normalized spacial score (nSPS) is 14.7. The van der Waals surface area contributed by atoms with Gasteiger partial charge in [0.1, 0.15) is 0 Å². The average molecular weight is 195 g/mol. The molecule has 0 amide bonds. The van der Waals surface area contributed by atoms with E-state index in [1.54, 1.807) is 0 Å². The molecule has 0 aliphatic rings. The van der Waals surface area contributed by atoms with E-state index in [4.69, 9.17) is 0 Å². The standard InChI is InChI=1S/C13H25N/c1-7-11(3)14-12(8-2)9-10-13(4,5)6/h7H,8-10H2,1-6H3/b11-7-,14-12?. The minimum Gasteiger partial charge on any atom is -0.263 e. The molecule has 1 heteroatoms. The van der Waals surface area contributed by atoms with Crippen molar-refractivity contribution in [1.29, 1.82) is 0 Å². The molecule has 0 aromatic carbocycles. The molecule has 1 nitrogen and oxygen atoms in total. The van der Waals surface area contributed by atoms with E-state index in [2.05, 4.69) is 45.7 Å². The molecule has 0 saturated carbocycles. The maximum Gasteiger partial charge on any atom is 0.0329 e. The summed E-state index contributed by atoms with van der Waals surface area (Å²) in [6.07, 6.45) is 5.48. The maximum absolute atomic E-state index is 4.59. The molecule has 0 aliphatic carbocycles. The van der Waals surface area contributed by atoms with Gasteiger partial charge in [-0.25, -0.2) is 0 Å². The third-order valence-electron chi connectivity index (χ3n) is 2.32. The predicted octanol–water partition coefficient (Wildman–Crippen LogP) is 4.59. The van der Waals surface area contributed by atoms with Crippen molar-refractivity contribution in [3.05, 3.63) is 11.8 Å². The van der Waals surface area contributed by atoms with Crippen LogP contribution in [0.4, 0.5) is 0 Å². The van der Waals surface area contributed by atoms with Gasteiger partial charge in [0.05, 0.1) is 0 Å². The van der Waals surface area contributed by atoms with Crippen molar-refractivity contribution in [2.75, 3.05) is 0 Å². The van der Waals surface area contributed by atoms with E-state index in [9.17, 15) is 0 Å². The Hall–Kier alpha value is -0.590. The SMILES string of the molecule is C/C=C(/C)N=C(CC)CCC(C)(C)C.